The van der Waals surface area contributed by atoms with E-state index in [1.807, 2.05) is 0 Å². The number of ether oxygens (including phenoxy) is 2. The summed E-state index contributed by atoms with van der Waals surface area (Å²) in [4.78, 5) is 10.6. The molecule has 2 rings (SSSR count). The van der Waals surface area contributed by atoms with Gasteiger partial charge in [-0.3, -0.25) is 4.79 Å². The molecule has 2 saturated heterocycles. The molecule has 4 heteroatoms. The van der Waals surface area contributed by atoms with Crippen LogP contribution in [0.5, 0.6) is 0 Å². The summed E-state index contributed by atoms with van der Waals surface area (Å²) in [6.07, 6.45) is 5.86. The van der Waals surface area contributed by atoms with Gasteiger partial charge in [-0.1, -0.05) is 0 Å². The highest BCUT2D eigenvalue weighted by molar-refractivity contribution is 5.67. The minimum Gasteiger partial charge on any atom is -0.481 e. The fourth-order valence-corrected chi connectivity index (χ4v) is 2.48. The second kappa shape index (κ2) is 4.49. The average molecular weight is 214 g/mol. The number of rotatable bonds is 2. The van der Waals surface area contributed by atoms with Gasteiger partial charge in [-0.05, 0) is 25.7 Å². The summed E-state index contributed by atoms with van der Waals surface area (Å²) in [7, 11) is 0. The summed E-state index contributed by atoms with van der Waals surface area (Å²) in [5.41, 5.74) is 0. The second-order valence-electron chi connectivity index (χ2n) is 4.45. The maximum atomic E-state index is 10.6. The summed E-state index contributed by atoms with van der Waals surface area (Å²) in [5, 5.41) is 8.73. The molecule has 0 amide bonds. The molecule has 1 N–H and O–H groups in total. The van der Waals surface area contributed by atoms with Crippen molar-refractivity contribution >= 4 is 5.97 Å². The van der Waals surface area contributed by atoms with Crippen LogP contribution in [0.2, 0.25) is 0 Å². The first-order chi connectivity index (χ1) is 7.20. The van der Waals surface area contributed by atoms with Crippen molar-refractivity contribution < 1.29 is 19.4 Å². The molecule has 2 heterocycles. The minimum absolute atomic E-state index is 0.102. The number of hydrogen-bond acceptors (Lipinski definition) is 3. The molecular formula is C11H18O4. The lowest BCUT2D eigenvalue weighted by atomic mass is 9.94. The zero-order valence-corrected chi connectivity index (χ0v) is 8.91. The van der Waals surface area contributed by atoms with Gasteiger partial charge in [-0.15, -0.1) is 0 Å². The molecule has 2 atom stereocenters. The maximum absolute atomic E-state index is 10.6. The van der Waals surface area contributed by atoms with Gasteiger partial charge in [0.25, 0.3) is 0 Å². The zero-order chi connectivity index (χ0) is 10.7. The van der Waals surface area contributed by atoms with Crippen molar-refractivity contribution in [1.82, 2.24) is 0 Å². The third kappa shape index (κ3) is 2.69. The van der Waals surface area contributed by atoms with E-state index in [9.17, 15) is 4.79 Å². The van der Waals surface area contributed by atoms with Crippen LogP contribution in [0.3, 0.4) is 0 Å². The molecule has 2 aliphatic heterocycles. The molecule has 0 aliphatic carbocycles. The molecule has 86 valence electrons. The van der Waals surface area contributed by atoms with E-state index in [-0.39, 0.29) is 12.5 Å². The Bertz CT molecular complexity index is 227. The van der Waals surface area contributed by atoms with Crippen LogP contribution in [0.1, 0.15) is 44.9 Å². The second-order valence-corrected chi connectivity index (χ2v) is 4.45. The first kappa shape index (κ1) is 10.9. The van der Waals surface area contributed by atoms with E-state index in [0.717, 1.165) is 45.1 Å². The molecule has 0 unspecified atom stereocenters. The average Bonchev–Trinajstić information content (AvgIpc) is 2.17. The third-order valence-electron chi connectivity index (χ3n) is 3.18. The van der Waals surface area contributed by atoms with Crippen molar-refractivity contribution in [2.45, 2.75) is 56.8 Å². The van der Waals surface area contributed by atoms with E-state index in [2.05, 4.69) is 0 Å². The number of carbonyl (C=O) groups is 1. The zero-order valence-electron chi connectivity index (χ0n) is 8.91. The van der Waals surface area contributed by atoms with Crippen LogP contribution >= 0.6 is 0 Å². The van der Waals surface area contributed by atoms with Crippen LogP contribution < -0.4 is 0 Å². The van der Waals surface area contributed by atoms with Crippen LogP contribution in [-0.4, -0.2) is 29.6 Å². The van der Waals surface area contributed by atoms with Gasteiger partial charge >= 0.3 is 5.97 Å². The van der Waals surface area contributed by atoms with Crippen molar-refractivity contribution in [2.75, 3.05) is 6.61 Å². The number of aliphatic carboxylic acids is 1. The van der Waals surface area contributed by atoms with Gasteiger partial charge in [0, 0.05) is 12.8 Å². The smallest absolute Gasteiger partial charge is 0.305 e. The van der Waals surface area contributed by atoms with Crippen LogP contribution in [0.4, 0.5) is 0 Å². The van der Waals surface area contributed by atoms with Crippen molar-refractivity contribution in [3.05, 3.63) is 0 Å². The minimum atomic E-state index is -0.784. The molecule has 0 aromatic rings. The molecule has 4 nitrogen and oxygen atoms in total. The predicted molar refractivity (Wildman–Crippen MR) is 53.5 cm³/mol. The molecule has 0 bridgehead atoms. The van der Waals surface area contributed by atoms with Crippen molar-refractivity contribution in [2.24, 2.45) is 0 Å². The molecule has 0 saturated carbocycles. The Morgan fingerprint density at radius 3 is 2.80 bits per heavy atom. The lowest BCUT2D eigenvalue weighted by Crippen LogP contribution is -2.45. The Labute approximate surface area is 89.6 Å². The molecule has 2 fully saturated rings. The van der Waals surface area contributed by atoms with Gasteiger partial charge in [0.1, 0.15) is 0 Å². The molecule has 1 spiro atoms. The summed E-state index contributed by atoms with van der Waals surface area (Å²) in [6.45, 7) is 0.750. The number of hydrogen-bond donors (Lipinski definition) is 1. The van der Waals surface area contributed by atoms with Gasteiger partial charge in [0.15, 0.2) is 5.79 Å². The third-order valence-corrected chi connectivity index (χ3v) is 3.18. The highest BCUT2D eigenvalue weighted by Crippen LogP contribution is 2.37. The fraction of sp³-hybridized carbons (Fsp3) is 0.909. The highest BCUT2D eigenvalue weighted by atomic mass is 16.7. The molecule has 2 aliphatic rings. The fourth-order valence-electron chi connectivity index (χ4n) is 2.48. The molecule has 15 heavy (non-hydrogen) atoms. The first-order valence-electron chi connectivity index (χ1n) is 5.74. The van der Waals surface area contributed by atoms with Crippen LogP contribution in [0.25, 0.3) is 0 Å². The SMILES string of the molecule is O=C(O)C[C@@H]1CCC[C@]2(CCCCO2)O1. The van der Waals surface area contributed by atoms with E-state index in [4.69, 9.17) is 14.6 Å². The summed E-state index contributed by atoms with van der Waals surface area (Å²) in [6, 6.07) is 0. The maximum Gasteiger partial charge on any atom is 0.305 e. The lowest BCUT2D eigenvalue weighted by Gasteiger charge is -2.43. The number of carboxylic acid groups (broad SMARTS) is 1. The van der Waals surface area contributed by atoms with E-state index in [1.165, 1.54) is 0 Å². The summed E-state index contributed by atoms with van der Waals surface area (Å²) >= 11 is 0. The molecule has 0 aromatic carbocycles. The molecule has 0 radical (unpaired) electrons. The first-order valence-corrected chi connectivity index (χ1v) is 5.74. The highest BCUT2D eigenvalue weighted by Gasteiger charge is 2.39. The predicted octanol–water partition coefficient (Wildman–Crippen LogP) is 1.93. The molecular weight excluding hydrogens is 196 g/mol. The van der Waals surface area contributed by atoms with Gasteiger partial charge < -0.3 is 14.6 Å². The molecule has 0 aromatic heterocycles. The topological polar surface area (TPSA) is 55.8 Å². The van der Waals surface area contributed by atoms with Gasteiger partial charge in [-0.25, -0.2) is 0 Å². The van der Waals surface area contributed by atoms with Crippen molar-refractivity contribution in [1.29, 1.82) is 0 Å². The van der Waals surface area contributed by atoms with Gasteiger partial charge in [0.05, 0.1) is 19.1 Å². The van der Waals surface area contributed by atoms with Crippen molar-refractivity contribution in [3.8, 4) is 0 Å². The Kier molecular flexibility index (Phi) is 3.26. The van der Waals surface area contributed by atoms with Gasteiger partial charge in [0.2, 0.25) is 0 Å². The van der Waals surface area contributed by atoms with E-state index in [0.29, 0.717) is 0 Å². The normalized spacial score (nSPS) is 36.7. The summed E-state index contributed by atoms with van der Waals surface area (Å²) in [5.74, 6) is -1.23. The Morgan fingerprint density at radius 1 is 1.33 bits per heavy atom. The Morgan fingerprint density at radius 2 is 2.13 bits per heavy atom. The summed E-state index contributed by atoms with van der Waals surface area (Å²) < 4.78 is 11.5. The standard InChI is InChI=1S/C11H18O4/c12-10(13)8-9-4-3-6-11(15-9)5-1-2-7-14-11/h9H,1-8H2,(H,12,13)/t9-,11-/m0/s1. The monoisotopic (exact) mass is 214 g/mol. The van der Waals surface area contributed by atoms with E-state index < -0.39 is 11.8 Å². The largest absolute Gasteiger partial charge is 0.481 e. The lowest BCUT2D eigenvalue weighted by molar-refractivity contribution is -0.294. The Hall–Kier alpha value is -0.610. The van der Waals surface area contributed by atoms with Crippen LogP contribution in [0.15, 0.2) is 0 Å². The van der Waals surface area contributed by atoms with Crippen LogP contribution in [0, 0.1) is 0 Å². The van der Waals surface area contributed by atoms with Crippen molar-refractivity contribution in [3.63, 3.8) is 0 Å². The van der Waals surface area contributed by atoms with Gasteiger partial charge in [-0.2, -0.15) is 0 Å². The quantitative estimate of drug-likeness (QED) is 0.763. The van der Waals surface area contributed by atoms with E-state index >= 15 is 0 Å². The van der Waals surface area contributed by atoms with E-state index in [1.54, 1.807) is 0 Å². The van der Waals surface area contributed by atoms with Crippen LogP contribution in [-0.2, 0) is 14.3 Å². The number of carboxylic acids is 1. The Balaban J connectivity index is 1.93.